The van der Waals surface area contributed by atoms with Crippen LogP contribution in [0.25, 0.3) is 6.08 Å². The lowest BCUT2D eigenvalue weighted by Crippen LogP contribution is -2.55. The van der Waals surface area contributed by atoms with E-state index in [-0.39, 0.29) is 5.91 Å². The normalized spacial score (nSPS) is 37.0. The fourth-order valence-electron chi connectivity index (χ4n) is 5.11. The molecule has 0 heterocycles. The molecule has 0 aliphatic heterocycles. The zero-order valence-electron chi connectivity index (χ0n) is 12.4. The number of rotatable bonds is 3. The molecule has 4 fully saturated rings. The number of hydrogen-bond acceptors (Lipinski definition) is 1. The Morgan fingerprint density at radius 1 is 0.952 bits per heavy atom. The maximum atomic E-state index is 12.2. The highest BCUT2D eigenvalue weighted by Crippen LogP contribution is 2.53. The van der Waals surface area contributed by atoms with Gasteiger partial charge in [0.25, 0.3) is 0 Å². The average molecular weight is 281 g/mol. The number of amides is 1. The summed E-state index contributed by atoms with van der Waals surface area (Å²) >= 11 is 0. The molecule has 4 aliphatic rings. The molecule has 0 radical (unpaired) electrons. The summed E-state index contributed by atoms with van der Waals surface area (Å²) in [6.07, 6.45) is 10.5. The van der Waals surface area contributed by atoms with Gasteiger partial charge in [-0.2, -0.15) is 0 Å². The highest BCUT2D eigenvalue weighted by atomic mass is 16.1. The van der Waals surface area contributed by atoms with Crippen LogP contribution in [-0.2, 0) is 4.79 Å². The van der Waals surface area contributed by atoms with Crippen LogP contribution in [0.2, 0.25) is 0 Å². The number of carbonyl (C=O) groups excluding carboxylic acids is 1. The van der Waals surface area contributed by atoms with E-state index in [4.69, 9.17) is 0 Å². The second-order valence-electron chi connectivity index (χ2n) is 7.21. The third-order valence-corrected chi connectivity index (χ3v) is 5.76. The van der Waals surface area contributed by atoms with Crippen LogP contribution < -0.4 is 5.32 Å². The Bertz CT molecular complexity index is 520. The molecule has 1 aromatic rings. The van der Waals surface area contributed by atoms with Crippen LogP contribution in [-0.4, -0.2) is 11.9 Å². The minimum atomic E-state index is 0.0799. The second kappa shape index (κ2) is 5.32. The molecule has 0 aromatic heterocycles. The highest BCUT2D eigenvalue weighted by molar-refractivity contribution is 5.91. The highest BCUT2D eigenvalue weighted by Gasteiger charge is 2.48. The van der Waals surface area contributed by atoms with Crippen LogP contribution in [0.1, 0.15) is 37.7 Å². The Kier molecular flexibility index (Phi) is 3.33. The lowest BCUT2D eigenvalue weighted by Gasteiger charge is -2.54. The number of benzene rings is 1. The topological polar surface area (TPSA) is 29.1 Å². The van der Waals surface area contributed by atoms with Gasteiger partial charge in [0.15, 0.2) is 0 Å². The van der Waals surface area contributed by atoms with Crippen molar-refractivity contribution in [1.82, 2.24) is 5.32 Å². The molecule has 0 atom stereocenters. The van der Waals surface area contributed by atoms with Crippen LogP contribution >= 0.6 is 0 Å². The monoisotopic (exact) mass is 281 g/mol. The largest absolute Gasteiger partial charge is 0.349 e. The Hall–Kier alpha value is -1.57. The summed E-state index contributed by atoms with van der Waals surface area (Å²) in [6, 6.07) is 10.5. The van der Waals surface area contributed by atoms with Crippen LogP contribution in [0.5, 0.6) is 0 Å². The van der Waals surface area contributed by atoms with Gasteiger partial charge in [-0.05, 0) is 67.4 Å². The third-order valence-electron chi connectivity index (χ3n) is 5.76. The fourth-order valence-corrected chi connectivity index (χ4v) is 5.11. The Morgan fingerprint density at radius 2 is 1.57 bits per heavy atom. The maximum Gasteiger partial charge on any atom is 0.244 e. The SMILES string of the molecule is O=C(C=Cc1ccccc1)NC1C2CC3CC(C2)CC1C3. The van der Waals surface area contributed by atoms with Crippen LogP contribution in [0.4, 0.5) is 0 Å². The van der Waals surface area contributed by atoms with E-state index in [0.717, 1.165) is 29.2 Å². The van der Waals surface area contributed by atoms with Crippen molar-refractivity contribution in [3.05, 3.63) is 42.0 Å². The van der Waals surface area contributed by atoms with E-state index < -0.39 is 0 Å². The molecule has 2 nitrogen and oxygen atoms in total. The van der Waals surface area contributed by atoms with Gasteiger partial charge in [0, 0.05) is 12.1 Å². The first-order chi connectivity index (χ1) is 10.3. The van der Waals surface area contributed by atoms with E-state index >= 15 is 0 Å². The van der Waals surface area contributed by atoms with Gasteiger partial charge in [-0.1, -0.05) is 30.3 Å². The predicted octanol–water partition coefficient (Wildman–Crippen LogP) is 3.64. The van der Waals surface area contributed by atoms with Crippen molar-refractivity contribution in [2.24, 2.45) is 23.7 Å². The summed E-state index contributed by atoms with van der Waals surface area (Å²) in [7, 11) is 0. The van der Waals surface area contributed by atoms with Crippen LogP contribution in [0.3, 0.4) is 0 Å². The van der Waals surface area contributed by atoms with Crippen molar-refractivity contribution in [2.45, 2.75) is 38.1 Å². The molecule has 4 aliphatic carbocycles. The third kappa shape index (κ3) is 2.64. The predicted molar refractivity (Wildman–Crippen MR) is 84.5 cm³/mol. The van der Waals surface area contributed by atoms with E-state index in [1.54, 1.807) is 6.08 Å². The Morgan fingerprint density at radius 3 is 2.19 bits per heavy atom. The van der Waals surface area contributed by atoms with Gasteiger partial charge >= 0.3 is 0 Å². The zero-order valence-corrected chi connectivity index (χ0v) is 12.4. The fraction of sp³-hybridized carbons (Fsp3) is 0.526. The van der Waals surface area contributed by atoms with Gasteiger partial charge in [-0.3, -0.25) is 4.79 Å². The van der Waals surface area contributed by atoms with Gasteiger partial charge in [-0.25, -0.2) is 0 Å². The minimum absolute atomic E-state index is 0.0799. The maximum absolute atomic E-state index is 12.2. The molecule has 110 valence electrons. The summed E-state index contributed by atoms with van der Waals surface area (Å²) in [6.45, 7) is 0. The first-order valence-electron chi connectivity index (χ1n) is 8.31. The zero-order chi connectivity index (χ0) is 14.2. The van der Waals surface area contributed by atoms with Gasteiger partial charge in [-0.15, -0.1) is 0 Å². The molecule has 1 N–H and O–H groups in total. The minimum Gasteiger partial charge on any atom is -0.349 e. The van der Waals surface area contributed by atoms with E-state index in [2.05, 4.69) is 5.32 Å². The molecular weight excluding hydrogens is 258 g/mol. The number of hydrogen-bond donors (Lipinski definition) is 1. The summed E-state index contributed by atoms with van der Waals surface area (Å²) in [5.41, 5.74) is 1.08. The van der Waals surface area contributed by atoms with Gasteiger partial charge < -0.3 is 5.32 Å². The molecule has 2 heteroatoms. The summed E-state index contributed by atoms with van der Waals surface area (Å²) in [5, 5.41) is 3.31. The number of nitrogens with one attached hydrogen (secondary N) is 1. The van der Waals surface area contributed by atoms with Crippen molar-refractivity contribution < 1.29 is 4.79 Å². The molecule has 1 amide bonds. The molecule has 5 rings (SSSR count). The summed E-state index contributed by atoms with van der Waals surface area (Å²) in [4.78, 5) is 12.2. The van der Waals surface area contributed by atoms with Crippen molar-refractivity contribution >= 4 is 12.0 Å². The quantitative estimate of drug-likeness (QED) is 0.842. The molecule has 4 bridgehead atoms. The van der Waals surface area contributed by atoms with E-state index in [1.165, 1.54) is 32.1 Å². The molecular formula is C19H23NO. The summed E-state index contributed by atoms with van der Waals surface area (Å²) in [5.74, 6) is 3.49. The van der Waals surface area contributed by atoms with Crippen molar-refractivity contribution in [2.75, 3.05) is 0 Å². The van der Waals surface area contributed by atoms with Gasteiger partial charge in [0.1, 0.15) is 0 Å². The van der Waals surface area contributed by atoms with Gasteiger partial charge in [0.2, 0.25) is 5.91 Å². The molecule has 0 spiro atoms. The standard InChI is InChI=1S/C19H23NO/c21-18(7-6-13-4-2-1-3-5-13)20-19-16-9-14-8-15(11-16)12-17(19)10-14/h1-7,14-17,19H,8-12H2,(H,20,21). The Balaban J connectivity index is 1.40. The molecule has 4 saturated carbocycles. The van der Waals surface area contributed by atoms with Crippen LogP contribution in [0.15, 0.2) is 36.4 Å². The molecule has 21 heavy (non-hydrogen) atoms. The van der Waals surface area contributed by atoms with E-state index in [0.29, 0.717) is 6.04 Å². The smallest absolute Gasteiger partial charge is 0.244 e. The van der Waals surface area contributed by atoms with Crippen molar-refractivity contribution in [3.8, 4) is 0 Å². The molecule has 1 aromatic carbocycles. The van der Waals surface area contributed by atoms with Crippen LogP contribution in [0, 0.1) is 23.7 Å². The number of carbonyl (C=O) groups is 1. The van der Waals surface area contributed by atoms with Crippen molar-refractivity contribution in [3.63, 3.8) is 0 Å². The average Bonchev–Trinajstić information content (AvgIpc) is 2.49. The first kappa shape index (κ1) is 13.1. The van der Waals surface area contributed by atoms with E-state index in [9.17, 15) is 4.79 Å². The lowest BCUT2D eigenvalue weighted by molar-refractivity contribution is -0.120. The molecule has 0 saturated heterocycles. The van der Waals surface area contributed by atoms with Gasteiger partial charge in [0.05, 0.1) is 0 Å². The van der Waals surface area contributed by atoms with Crippen molar-refractivity contribution in [1.29, 1.82) is 0 Å². The summed E-state index contributed by atoms with van der Waals surface area (Å²) < 4.78 is 0. The first-order valence-corrected chi connectivity index (χ1v) is 8.31. The van der Waals surface area contributed by atoms with E-state index in [1.807, 2.05) is 36.4 Å². The lowest BCUT2D eigenvalue weighted by atomic mass is 9.54. The Labute approximate surface area is 126 Å². The second-order valence-corrected chi connectivity index (χ2v) is 7.21. The molecule has 0 unspecified atom stereocenters.